The molecule has 3 heterocycles. The largest absolute Gasteiger partial charge is 0.444 e. The first-order chi connectivity index (χ1) is 29.3. The zero-order valence-corrected chi connectivity index (χ0v) is 41.3. The monoisotopic (exact) mass is 942 g/mol. The van der Waals surface area contributed by atoms with Gasteiger partial charge < -0.3 is 50.5 Å². The molecular weight excluding hydrogens is 868 g/mol. The first kappa shape index (κ1) is 59.9. The molecule has 0 aliphatic carbocycles. The van der Waals surface area contributed by atoms with E-state index in [-0.39, 0.29) is 68.8 Å². The molecule has 2 amide bonds. The number of rotatable bonds is 23. The highest BCUT2D eigenvalue weighted by Gasteiger charge is 2.21. The summed E-state index contributed by atoms with van der Waals surface area (Å²) in [6, 6.07) is 11.1. The van der Waals surface area contributed by atoms with E-state index < -0.39 is 5.60 Å². The van der Waals surface area contributed by atoms with Crippen molar-refractivity contribution < 1.29 is 45.0 Å². The van der Waals surface area contributed by atoms with Crippen LogP contribution < -0.4 is 5.32 Å². The predicted molar refractivity (Wildman–Crippen MR) is 255 cm³/mol. The maximum absolute atomic E-state index is 12.3. The summed E-state index contributed by atoms with van der Waals surface area (Å²) < 4.78 is 5.39. The Kier molecular flexibility index (Phi) is 30.9. The Morgan fingerprint density at radius 1 is 0.635 bits per heavy atom. The van der Waals surface area contributed by atoms with Gasteiger partial charge in [0.25, 0.3) is 0 Å². The Morgan fingerprint density at radius 3 is 1.30 bits per heavy atom. The molecule has 15 nitrogen and oxygen atoms in total. The molecule has 0 aromatic carbocycles. The summed E-state index contributed by atoms with van der Waals surface area (Å²) in [4.78, 5) is 39.8. The van der Waals surface area contributed by atoms with Gasteiger partial charge in [0.1, 0.15) is 5.60 Å². The number of ether oxygens (including phenoxy) is 1. The quantitative estimate of drug-likeness (QED) is 0.0459. The van der Waals surface area contributed by atoms with E-state index in [1.54, 1.807) is 27.6 Å². The maximum atomic E-state index is 12.3. The van der Waals surface area contributed by atoms with E-state index in [0.717, 1.165) is 68.2 Å². The molecule has 7 N–H and O–H groups in total. The van der Waals surface area contributed by atoms with Crippen LogP contribution in [-0.4, -0.2) is 125 Å². The third-order valence-electron chi connectivity index (χ3n) is 9.14. The lowest BCUT2D eigenvalue weighted by atomic mass is 10.1. The Labute approximate surface area is 389 Å². The van der Waals surface area contributed by atoms with Crippen LogP contribution in [0.5, 0.6) is 0 Å². The normalized spacial score (nSPS) is 11.1. The van der Waals surface area contributed by atoms with Crippen molar-refractivity contribution in [3.05, 3.63) is 87.3 Å². The van der Waals surface area contributed by atoms with Gasteiger partial charge in [-0.1, -0.05) is 21.6 Å². The molecule has 0 aliphatic rings. The van der Waals surface area contributed by atoms with Crippen LogP contribution in [0.3, 0.4) is 0 Å². The fraction of sp³-hybridized carbons (Fsp3) is 0.622. The molecule has 0 fully saturated rings. The van der Waals surface area contributed by atoms with E-state index in [9.17, 15) is 19.8 Å². The molecule has 0 bridgehead atoms. The molecule has 358 valence electrons. The summed E-state index contributed by atoms with van der Waals surface area (Å²) in [5, 5.41) is 57.9. The standard InChI is InChI=1S/C18H30N2O3S2.C16H26N2O4.C11H18N2O2.ClH/c1-18(2,25-24-4)8-7-17(23)20(3)9-5-6-14-10-15(12-21)19-16(11-14)13-22;1-16(2,3)22-15(21)18(4)7-5-6-12-8-13(10-19)17-14(9-12)11-20;1-12-4-2-3-9-5-10(7-14)13-11(6-9)8-15;/h10-11,21-22H,5-9,12-13H2,1-4H3;8-9,19-20H,5-7,10-11H2,1-4H3;5-6,12,14-15H,2-4,7-8H2,1H3;1H. The van der Waals surface area contributed by atoms with Gasteiger partial charge in [-0.15, -0.1) is 12.4 Å². The van der Waals surface area contributed by atoms with E-state index in [0.29, 0.717) is 53.7 Å². The summed E-state index contributed by atoms with van der Waals surface area (Å²) >= 11 is 0. The van der Waals surface area contributed by atoms with Gasteiger partial charge in [-0.05, 0) is 153 Å². The number of aryl methyl sites for hydroxylation is 3. The number of nitrogens with one attached hydrogen (secondary N) is 1. The third kappa shape index (κ3) is 26.5. The van der Waals surface area contributed by atoms with E-state index in [4.69, 9.17) is 25.2 Å². The van der Waals surface area contributed by atoms with Crippen LogP contribution >= 0.6 is 34.0 Å². The molecule has 0 unspecified atom stereocenters. The number of amides is 2. The average Bonchev–Trinajstić information content (AvgIpc) is 3.24. The van der Waals surface area contributed by atoms with Crippen LogP contribution in [0.1, 0.15) is 118 Å². The number of aliphatic hydroxyl groups is 6. The third-order valence-corrected chi connectivity index (χ3v) is 11.8. The van der Waals surface area contributed by atoms with Gasteiger partial charge in [0.05, 0.1) is 73.8 Å². The summed E-state index contributed by atoms with van der Waals surface area (Å²) in [6.07, 6.45) is 8.24. The molecular formula is C45H75ClN6O9S2. The maximum Gasteiger partial charge on any atom is 0.410 e. The zero-order valence-electron chi connectivity index (χ0n) is 38.9. The molecule has 0 spiro atoms. The van der Waals surface area contributed by atoms with E-state index in [1.165, 1.54) is 0 Å². The van der Waals surface area contributed by atoms with Crippen molar-refractivity contribution in [3.63, 3.8) is 0 Å². The zero-order chi connectivity index (χ0) is 46.7. The highest BCUT2D eigenvalue weighted by atomic mass is 35.5. The fourth-order valence-electron chi connectivity index (χ4n) is 6.01. The van der Waals surface area contributed by atoms with E-state index >= 15 is 0 Å². The van der Waals surface area contributed by atoms with Gasteiger partial charge in [-0.2, -0.15) is 0 Å². The SMILES string of the molecule is CN(CCCc1cc(CO)nc(CO)c1)C(=O)OC(C)(C)C.CNCCCc1cc(CO)nc(CO)c1.CSSC(C)(C)CCC(=O)N(C)CCCc1cc(CO)nc(CO)c1.Cl. The lowest BCUT2D eigenvalue weighted by Gasteiger charge is -2.24. The van der Waals surface area contributed by atoms with Crippen molar-refractivity contribution in [2.45, 2.75) is 136 Å². The molecule has 3 aromatic heterocycles. The number of carbonyl (C=O) groups excluding carboxylic acids is 2. The minimum absolute atomic E-state index is 0. The number of carbonyl (C=O) groups is 2. The summed E-state index contributed by atoms with van der Waals surface area (Å²) in [7, 11) is 9.02. The van der Waals surface area contributed by atoms with Gasteiger partial charge in [-0.3, -0.25) is 19.7 Å². The summed E-state index contributed by atoms with van der Waals surface area (Å²) in [5.74, 6) is 0.177. The van der Waals surface area contributed by atoms with Crippen molar-refractivity contribution >= 4 is 46.0 Å². The van der Waals surface area contributed by atoms with Crippen molar-refractivity contribution in [2.75, 3.05) is 47.0 Å². The van der Waals surface area contributed by atoms with Gasteiger partial charge in [0.15, 0.2) is 0 Å². The lowest BCUT2D eigenvalue weighted by molar-refractivity contribution is -0.130. The van der Waals surface area contributed by atoms with Crippen LogP contribution in [0.4, 0.5) is 4.79 Å². The number of nitrogens with zero attached hydrogens (tertiary/aromatic N) is 5. The number of hydrogen-bond acceptors (Lipinski definition) is 15. The molecule has 18 heteroatoms. The molecule has 3 rings (SSSR count). The first-order valence-electron chi connectivity index (χ1n) is 21.0. The summed E-state index contributed by atoms with van der Waals surface area (Å²) in [5.41, 5.74) is 6.11. The highest BCUT2D eigenvalue weighted by molar-refractivity contribution is 8.76. The van der Waals surface area contributed by atoms with Crippen molar-refractivity contribution in [1.82, 2.24) is 30.1 Å². The fourth-order valence-corrected chi connectivity index (χ4v) is 8.25. The minimum Gasteiger partial charge on any atom is -0.444 e. The second-order valence-corrected chi connectivity index (χ2v) is 19.6. The van der Waals surface area contributed by atoms with Crippen molar-refractivity contribution in [2.24, 2.45) is 0 Å². The molecule has 0 atom stereocenters. The number of hydrogen-bond donors (Lipinski definition) is 7. The van der Waals surface area contributed by atoms with Gasteiger partial charge >= 0.3 is 6.09 Å². The highest BCUT2D eigenvalue weighted by Crippen LogP contribution is 2.37. The second kappa shape index (κ2) is 32.5. The van der Waals surface area contributed by atoms with Gasteiger partial charge in [0, 0.05) is 38.4 Å². The molecule has 63 heavy (non-hydrogen) atoms. The average molecular weight is 944 g/mol. The van der Waals surface area contributed by atoms with Crippen LogP contribution in [-0.2, 0) is 68.4 Å². The molecule has 3 aromatic rings. The lowest BCUT2D eigenvalue weighted by Crippen LogP contribution is -2.34. The van der Waals surface area contributed by atoms with E-state index in [1.807, 2.05) is 82.1 Å². The van der Waals surface area contributed by atoms with Crippen LogP contribution in [0, 0.1) is 0 Å². The molecule has 0 aliphatic heterocycles. The number of aromatic nitrogens is 3. The minimum atomic E-state index is -0.498. The van der Waals surface area contributed by atoms with Crippen LogP contribution in [0.25, 0.3) is 0 Å². The molecule has 0 saturated carbocycles. The van der Waals surface area contributed by atoms with Gasteiger partial charge in [0.2, 0.25) is 5.91 Å². The number of aliphatic hydroxyl groups excluding tert-OH is 6. The Balaban J connectivity index is 0.000000934. The van der Waals surface area contributed by atoms with Crippen LogP contribution in [0.2, 0.25) is 0 Å². The topological polar surface area (TPSA) is 222 Å². The Bertz CT molecular complexity index is 1690. The smallest absolute Gasteiger partial charge is 0.410 e. The second-order valence-electron chi connectivity index (χ2n) is 16.5. The molecule has 0 saturated heterocycles. The number of pyridine rings is 3. The van der Waals surface area contributed by atoms with Crippen LogP contribution in [0.15, 0.2) is 36.4 Å². The Morgan fingerprint density at radius 2 is 0.984 bits per heavy atom. The van der Waals surface area contributed by atoms with Gasteiger partial charge in [-0.25, -0.2) is 4.79 Å². The van der Waals surface area contributed by atoms with Crippen molar-refractivity contribution in [3.8, 4) is 0 Å². The Hall–Kier alpha value is -3.10. The number of halogens is 1. The predicted octanol–water partition coefficient (Wildman–Crippen LogP) is 5.53. The first-order valence-corrected chi connectivity index (χ1v) is 23.6. The van der Waals surface area contributed by atoms with Crippen molar-refractivity contribution in [1.29, 1.82) is 0 Å². The van der Waals surface area contributed by atoms with E-state index in [2.05, 4.69) is 40.4 Å². The summed E-state index contributed by atoms with van der Waals surface area (Å²) in [6.45, 7) is 11.3. The molecule has 0 radical (unpaired) electrons.